The van der Waals surface area contributed by atoms with Gasteiger partial charge in [0.15, 0.2) is 0 Å². The molecule has 2 unspecified atom stereocenters. The van der Waals surface area contributed by atoms with Crippen molar-refractivity contribution in [1.82, 2.24) is 0 Å². The van der Waals surface area contributed by atoms with Crippen LogP contribution in [0.25, 0.3) is 0 Å². The maximum Gasteiger partial charge on any atom is 0.137 e. The Kier molecular flexibility index (Phi) is 2.56. The van der Waals surface area contributed by atoms with Crippen LogP contribution in [0.3, 0.4) is 0 Å². The maximum atomic E-state index is 11.2. The van der Waals surface area contributed by atoms with Gasteiger partial charge in [0, 0.05) is 23.1 Å². The van der Waals surface area contributed by atoms with Crippen LogP contribution in [0.4, 0.5) is 0 Å². The van der Waals surface area contributed by atoms with Gasteiger partial charge in [-0.15, -0.1) is 11.3 Å². The summed E-state index contributed by atoms with van der Waals surface area (Å²) in [6, 6.07) is 4.20. The van der Waals surface area contributed by atoms with E-state index in [9.17, 15) is 4.79 Å². The van der Waals surface area contributed by atoms with Crippen molar-refractivity contribution in [3.63, 3.8) is 0 Å². The fourth-order valence-corrected chi connectivity index (χ4v) is 3.50. The standard InChI is InChI=1S/C10H11BrOS/c1-2-6-7(5-8(6)12)9-3-4-10(11)13-9/h3-4,6-7H,2,5H2,1H3. The molecule has 1 aromatic heterocycles. The molecule has 1 nitrogen and oxygen atoms in total. The van der Waals surface area contributed by atoms with Crippen molar-refractivity contribution in [2.24, 2.45) is 5.92 Å². The minimum Gasteiger partial charge on any atom is -0.299 e. The molecular weight excluding hydrogens is 248 g/mol. The lowest BCUT2D eigenvalue weighted by Crippen LogP contribution is -2.34. The van der Waals surface area contributed by atoms with E-state index in [-0.39, 0.29) is 0 Å². The minimum atomic E-state index is 0.297. The maximum absolute atomic E-state index is 11.2. The number of carbonyl (C=O) groups excluding carboxylic acids is 1. The smallest absolute Gasteiger partial charge is 0.137 e. The molecule has 0 saturated heterocycles. The second-order valence-corrected chi connectivity index (χ2v) is 5.93. The van der Waals surface area contributed by atoms with Gasteiger partial charge in [0.25, 0.3) is 0 Å². The lowest BCUT2D eigenvalue weighted by Gasteiger charge is -2.33. The van der Waals surface area contributed by atoms with Crippen molar-refractivity contribution in [2.75, 3.05) is 0 Å². The summed E-state index contributed by atoms with van der Waals surface area (Å²) in [6.07, 6.45) is 1.74. The third kappa shape index (κ3) is 1.59. The first-order chi connectivity index (χ1) is 6.22. The van der Waals surface area contributed by atoms with Crippen LogP contribution in [0, 0.1) is 5.92 Å². The van der Waals surface area contributed by atoms with Crippen LogP contribution < -0.4 is 0 Å². The molecule has 1 saturated carbocycles. The van der Waals surface area contributed by atoms with Crippen LogP contribution in [0.15, 0.2) is 15.9 Å². The van der Waals surface area contributed by atoms with Crippen molar-refractivity contribution in [3.8, 4) is 0 Å². The summed E-state index contributed by atoms with van der Waals surface area (Å²) in [5.74, 6) is 1.25. The second-order valence-electron chi connectivity index (χ2n) is 3.43. The van der Waals surface area contributed by atoms with Crippen molar-refractivity contribution >= 4 is 33.0 Å². The van der Waals surface area contributed by atoms with Gasteiger partial charge < -0.3 is 0 Å². The fourth-order valence-electron chi connectivity index (χ4n) is 1.91. The van der Waals surface area contributed by atoms with Gasteiger partial charge in [0.1, 0.15) is 5.78 Å². The summed E-state index contributed by atoms with van der Waals surface area (Å²) in [5.41, 5.74) is 0. The van der Waals surface area contributed by atoms with Crippen LogP contribution in [-0.4, -0.2) is 5.78 Å². The lowest BCUT2D eigenvalue weighted by molar-refractivity contribution is -0.130. The van der Waals surface area contributed by atoms with Crippen LogP contribution in [-0.2, 0) is 4.79 Å². The minimum absolute atomic E-state index is 0.297. The summed E-state index contributed by atoms with van der Waals surface area (Å²) in [5, 5.41) is 0. The van der Waals surface area contributed by atoms with E-state index >= 15 is 0 Å². The Morgan fingerprint density at radius 2 is 2.38 bits per heavy atom. The first-order valence-corrected chi connectivity index (χ1v) is 6.11. The molecule has 0 aliphatic heterocycles. The molecule has 0 bridgehead atoms. The van der Waals surface area contributed by atoms with Crippen molar-refractivity contribution < 1.29 is 4.79 Å². The number of rotatable bonds is 2. The number of hydrogen-bond acceptors (Lipinski definition) is 2. The highest BCUT2D eigenvalue weighted by molar-refractivity contribution is 9.11. The molecule has 70 valence electrons. The zero-order valence-corrected chi connectivity index (χ0v) is 9.82. The molecule has 13 heavy (non-hydrogen) atoms. The molecule has 1 aliphatic carbocycles. The second kappa shape index (κ2) is 3.54. The lowest BCUT2D eigenvalue weighted by atomic mass is 9.70. The van der Waals surface area contributed by atoms with E-state index in [1.165, 1.54) is 4.88 Å². The van der Waals surface area contributed by atoms with E-state index in [2.05, 4.69) is 35.0 Å². The van der Waals surface area contributed by atoms with Crippen molar-refractivity contribution in [2.45, 2.75) is 25.7 Å². The molecule has 3 heteroatoms. The average Bonchev–Trinajstić information content (AvgIpc) is 2.48. The Hall–Kier alpha value is -0.150. The molecule has 1 heterocycles. The Labute approximate surface area is 90.3 Å². The van der Waals surface area contributed by atoms with Crippen LogP contribution in [0.2, 0.25) is 0 Å². The average molecular weight is 259 g/mol. The molecule has 0 amide bonds. The Morgan fingerprint density at radius 3 is 2.85 bits per heavy atom. The zero-order valence-electron chi connectivity index (χ0n) is 7.42. The molecule has 1 aromatic rings. The highest BCUT2D eigenvalue weighted by atomic mass is 79.9. The zero-order chi connectivity index (χ0) is 9.42. The fraction of sp³-hybridized carbons (Fsp3) is 0.500. The van der Waals surface area contributed by atoms with Crippen LogP contribution in [0.5, 0.6) is 0 Å². The molecule has 0 spiro atoms. The van der Waals surface area contributed by atoms with E-state index in [1.54, 1.807) is 11.3 Å². The van der Waals surface area contributed by atoms with Crippen LogP contribution in [0.1, 0.15) is 30.6 Å². The third-order valence-electron chi connectivity index (χ3n) is 2.72. The topological polar surface area (TPSA) is 17.1 Å². The number of hydrogen-bond donors (Lipinski definition) is 0. The molecule has 0 aromatic carbocycles. The first kappa shape index (κ1) is 9.41. The van der Waals surface area contributed by atoms with Gasteiger partial charge in [-0.05, 0) is 34.5 Å². The number of carbonyl (C=O) groups is 1. The third-order valence-corrected chi connectivity index (χ3v) is 4.48. The van der Waals surface area contributed by atoms with E-state index in [4.69, 9.17) is 0 Å². The Morgan fingerprint density at radius 1 is 1.62 bits per heavy atom. The molecule has 1 aliphatic rings. The highest BCUT2D eigenvalue weighted by Crippen LogP contribution is 2.44. The van der Waals surface area contributed by atoms with Crippen LogP contribution >= 0.6 is 27.3 Å². The normalized spacial score (nSPS) is 27.4. The van der Waals surface area contributed by atoms with Gasteiger partial charge in [-0.2, -0.15) is 0 Å². The largest absolute Gasteiger partial charge is 0.299 e. The first-order valence-electron chi connectivity index (χ1n) is 4.50. The van der Waals surface area contributed by atoms with E-state index in [0.717, 1.165) is 16.6 Å². The Balaban J connectivity index is 2.15. The SMILES string of the molecule is CCC1C(=O)CC1c1ccc(Br)s1. The van der Waals surface area contributed by atoms with Gasteiger partial charge in [-0.3, -0.25) is 4.79 Å². The monoisotopic (exact) mass is 258 g/mol. The van der Waals surface area contributed by atoms with E-state index < -0.39 is 0 Å². The molecule has 1 fully saturated rings. The number of thiophene rings is 1. The highest BCUT2D eigenvalue weighted by Gasteiger charge is 2.39. The van der Waals surface area contributed by atoms with E-state index in [0.29, 0.717) is 17.6 Å². The number of Topliss-reactive ketones (excluding diaryl/α,β-unsaturated/α-hetero) is 1. The molecular formula is C10H11BrOS. The summed E-state index contributed by atoms with van der Waals surface area (Å²) in [4.78, 5) is 12.6. The van der Waals surface area contributed by atoms with Gasteiger partial charge >= 0.3 is 0 Å². The van der Waals surface area contributed by atoms with Crippen molar-refractivity contribution in [1.29, 1.82) is 0 Å². The quantitative estimate of drug-likeness (QED) is 0.793. The van der Waals surface area contributed by atoms with Gasteiger partial charge in [0.05, 0.1) is 3.79 Å². The predicted octanol–water partition coefficient (Wildman–Crippen LogP) is 3.59. The van der Waals surface area contributed by atoms with Crippen molar-refractivity contribution in [3.05, 3.63) is 20.8 Å². The summed E-state index contributed by atoms with van der Waals surface area (Å²) >= 11 is 5.20. The van der Waals surface area contributed by atoms with Gasteiger partial charge in [0.2, 0.25) is 0 Å². The number of ketones is 1. The van der Waals surface area contributed by atoms with Gasteiger partial charge in [-0.1, -0.05) is 6.92 Å². The Bertz CT molecular complexity index is 331. The number of halogens is 1. The summed E-state index contributed by atoms with van der Waals surface area (Å²) in [6.45, 7) is 2.09. The summed E-state index contributed by atoms with van der Waals surface area (Å²) < 4.78 is 1.16. The molecule has 0 N–H and O–H groups in total. The molecule has 0 radical (unpaired) electrons. The predicted molar refractivity (Wildman–Crippen MR) is 58.2 cm³/mol. The molecule has 2 atom stereocenters. The van der Waals surface area contributed by atoms with Gasteiger partial charge in [-0.25, -0.2) is 0 Å². The molecule has 2 rings (SSSR count). The van der Waals surface area contributed by atoms with E-state index in [1.807, 2.05) is 0 Å². The summed E-state index contributed by atoms with van der Waals surface area (Å²) in [7, 11) is 0.